The second-order valence-corrected chi connectivity index (χ2v) is 11.1. The first kappa shape index (κ1) is 28.9. The van der Waals surface area contributed by atoms with Crippen molar-refractivity contribution in [1.82, 2.24) is 14.7 Å². The Hall–Kier alpha value is -3.57. The van der Waals surface area contributed by atoms with E-state index in [1.54, 1.807) is 16.7 Å². The number of likely N-dealkylation sites (tertiary alicyclic amines) is 1. The van der Waals surface area contributed by atoms with Gasteiger partial charge in [-0.2, -0.15) is 0 Å². The number of benzene rings is 1. The van der Waals surface area contributed by atoms with E-state index in [1.807, 2.05) is 19.9 Å². The van der Waals surface area contributed by atoms with Crippen molar-refractivity contribution < 1.29 is 32.8 Å². The summed E-state index contributed by atoms with van der Waals surface area (Å²) in [4.78, 5) is 30.4. The SMILES string of the molecule is CC/C=C\COC(=O)OC[N+]1(CCc2c(C)nc3n(c2=O)CCCC3O)CCC(c2noc3cc(F)ccc23)CC1. The van der Waals surface area contributed by atoms with Gasteiger partial charge in [0.2, 0.25) is 6.73 Å². The number of hydrogen-bond donors (Lipinski definition) is 1. The summed E-state index contributed by atoms with van der Waals surface area (Å²) in [5.74, 6) is 0.180. The highest BCUT2D eigenvalue weighted by Gasteiger charge is 2.38. The third kappa shape index (κ3) is 6.36. The van der Waals surface area contributed by atoms with Crippen LogP contribution in [0.4, 0.5) is 9.18 Å². The molecule has 1 N–H and O–H groups in total. The van der Waals surface area contributed by atoms with Gasteiger partial charge in [-0.15, -0.1) is 0 Å². The highest BCUT2D eigenvalue weighted by Crippen LogP contribution is 2.35. The van der Waals surface area contributed by atoms with Gasteiger partial charge in [-0.05, 0) is 38.3 Å². The number of fused-ring (bicyclic) bond motifs is 2. The second kappa shape index (κ2) is 12.5. The molecule has 2 aliphatic heterocycles. The number of aromatic nitrogens is 3. The predicted octanol–water partition coefficient (Wildman–Crippen LogP) is 4.67. The van der Waals surface area contributed by atoms with E-state index in [1.165, 1.54) is 12.1 Å². The lowest BCUT2D eigenvalue weighted by atomic mass is 9.90. The first-order chi connectivity index (χ1) is 19.8. The van der Waals surface area contributed by atoms with E-state index in [4.69, 9.17) is 14.0 Å². The van der Waals surface area contributed by atoms with Gasteiger partial charge < -0.3 is 19.1 Å². The van der Waals surface area contributed by atoms with E-state index < -0.39 is 12.3 Å². The van der Waals surface area contributed by atoms with Crippen molar-refractivity contribution in [2.45, 2.75) is 70.9 Å². The van der Waals surface area contributed by atoms with Gasteiger partial charge >= 0.3 is 6.16 Å². The van der Waals surface area contributed by atoms with Crippen LogP contribution in [0.3, 0.4) is 0 Å². The van der Waals surface area contributed by atoms with E-state index in [9.17, 15) is 19.1 Å². The Balaban J connectivity index is 1.33. The molecule has 0 spiro atoms. The lowest BCUT2D eigenvalue weighted by Crippen LogP contribution is -2.55. The second-order valence-electron chi connectivity index (χ2n) is 11.1. The van der Waals surface area contributed by atoms with Gasteiger partial charge in [0.1, 0.15) is 24.4 Å². The fourth-order valence-electron chi connectivity index (χ4n) is 6.01. The number of aliphatic hydroxyl groups is 1. The first-order valence-electron chi connectivity index (χ1n) is 14.4. The van der Waals surface area contributed by atoms with E-state index in [0.717, 1.165) is 36.8 Å². The van der Waals surface area contributed by atoms with Crippen molar-refractivity contribution in [2.24, 2.45) is 0 Å². The number of aryl methyl sites for hydroxylation is 1. The van der Waals surface area contributed by atoms with Crippen molar-refractivity contribution in [2.75, 3.05) is 33.0 Å². The lowest BCUT2D eigenvalue weighted by molar-refractivity contribution is -0.948. The molecular formula is C30H38FN4O6+. The third-order valence-electron chi connectivity index (χ3n) is 8.40. The predicted molar refractivity (Wildman–Crippen MR) is 149 cm³/mol. The molecule has 11 heteroatoms. The molecule has 2 aliphatic rings. The normalized spacial score (nSPS) is 22.6. The number of hydrogen-bond acceptors (Lipinski definition) is 8. The molecule has 1 aromatic carbocycles. The summed E-state index contributed by atoms with van der Waals surface area (Å²) in [6.07, 6.45) is 6.39. The summed E-state index contributed by atoms with van der Waals surface area (Å²) in [5.41, 5.74) is 2.38. The molecule has 2 aromatic heterocycles. The monoisotopic (exact) mass is 569 g/mol. The van der Waals surface area contributed by atoms with Gasteiger partial charge in [0.05, 0.1) is 25.3 Å². The molecule has 3 aromatic rings. The van der Waals surface area contributed by atoms with Crippen LogP contribution >= 0.6 is 0 Å². The number of carbonyl (C=O) groups is 1. The highest BCUT2D eigenvalue weighted by atomic mass is 19.1. The van der Waals surface area contributed by atoms with Gasteiger partial charge in [0, 0.05) is 54.4 Å². The largest absolute Gasteiger partial charge is 0.512 e. The van der Waals surface area contributed by atoms with Crippen molar-refractivity contribution in [1.29, 1.82) is 0 Å². The molecule has 1 saturated heterocycles. The number of carbonyl (C=O) groups excluding carboxylic acids is 1. The number of ether oxygens (including phenoxy) is 2. The van der Waals surface area contributed by atoms with Crippen molar-refractivity contribution in [3.63, 3.8) is 0 Å². The fraction of sp³-hybridized carbons (Fsp3) is 0.533. The molecule has 0 radical (unpaired) electrons. The number of nitrogens with zero attached hydrogens (tertiary/aromatic N) is 4. The maximum atomic E-state index is 13.7. The molecule has 0 bridgehead atoms. The minimum absolute atomic E-state index is 0.108. The number of rotatable bonds is 9. The molecule has 10 nitrogen and oxygen atoms in total. The Bertz CT molecular complexity index is 1470. The van der Waals surface area contributed by atoms with Crippen LogP contribution in [0, 0.1) is 12.7 Å². The topological polar surface area (TPSA) is 117 Å². The van der Waals surface area contributed by atoms with Crippen LogP contribution in [0.5, 0.6) is 0 Å². The maximum Gasteiger partial charge on any atom is 0.512 e. The Labute approximate surface area is 237 Å². The summed E-state index contributed by atoms with van der Waals surface area (Å²) in [5, 5.41) is 15.4. The van der Waals surface area contributed by atoms with Crippen LogP contribution in [0.25, 0.3) is 11.0 Å². The van der Waals surface area contributed by atoms with Crippen molar-refractivity contribution in [3.05, 3.63) is 69.3 Å². The Morgan fingerprint density at radius 1 is 1.24 bits per heavy atom. The molecule has 4 heterocycles. The summed E-state index contributed by atoms with van der Waals surface area (Å²) in [6.45, 7) is 6.56. The number of piperidine rings is 1. The fourth-order valence-corrected chi connectivity index (χ4v) is 6.01. The zero-order chi connectivity index (χ0) is 29.0. The quantitative estimate of drug-likeness (QED) is 0.225. The number of quaternary nitrogens is 1. The molecule has 1 unspecified atom stereocenters. The van der Waals surface area contributed by atoms with E-state index >= 15 is 0 Å². The smallest absolute Gasteiger partial charge is 0.430 e. The summed E-state index contributed by atoms with van der Waals surface area (Å²) in [7, 11) is 0. The molecular weight excluding hydrogens is 531 g/mol. The standard InChI is InChI=1S/C30H38FN4O6/c1-3-4-5-17-39-30(38)40-19-35(16-12-23-20(2)32-28-25(36)7-6-13-34(28)29(23)37)14-10-21(11-15-35)27-24-9-8-22(31)18-26(24)41-33-27/h4-5,8-9,18,21,25,36H,3,6-7,10-17,19H2,1-2H3/q+1/b5-4-. The minimum Gasteiger partial charge on any atom is -0.430 e. The summed E-state index contributed by atoms with van der Waals surface area (Å²) >= 11 is 0. The minimum atomic E-state index is -0.726. The van der Waals surface area contributed by atoms with Crippen LogP contribution in [0.2, 0.25) is 0 Å². The molecule has 0 saturated carbocycles. The van der Waals surface area contributed by atoms with Gasteiger partial charge in [-0.1, -0.05) is 24.2 Å². The van der Waals surface area contributed by atoms with Crippen LogP contribution in [0.1, 0.15) is 73.8 Å². The van der Waals surface area contributed by atoms with Gasteiger partial charge in [0.25, 0.3) is 5.56 Å². The van der Waals surface area contributed by atoms with Crippen molar-refractivity contribution >= 4 is 17.1 Å². The first-order valence-corrected chi connectivity index (χ1v) is 14.4. The zero-order valence-corrected chi connectivity index (χ0v) is 23.7. The zero-order valence-electron chi connectivity index (χ0n) is 23.7. The molecule has 5 rings (SSSR count). The van der Waals surface area contributed by atoms with Crippen LogP contribution < -0.4 is 5.56 Å². The molecule has 1 fully saturated rings. The Kier molecular flexibility index (Phi) is 8.84. The van der Waals surface area contributed by atoms with Gasteiger partial charge in [-0.3, -0.25) is 13.8 Å². The Morgan fingerprint density at radius 3 is 2.83 bits per heavy atom. The third-order valence-corrected chi connectivity index (χ3v) is 8.40. The lowest BCUT2D eigenvalue weighted by Gasteiger charge is -2.42. The number of allylic oxidation sites excluding steroid dienone is 1. The van der Waals surface area contributed by atoms with E-state index in [0.29, 0.717) is 66.2 Å². The maximum absolute atomic E-state index is 13.7. The number of aliphatic hydroxyl groups excluding tert-OH is 1. The molecule has 0 amide bonds. The highest BCUT2D eigenvalue weighted by molar-refractivity contribution is 5.79. The van der Waals surface area contributed by atoms with Crippen LogP contribution in [-0.2, 0) is 22.4 Å². The molecule has 41 heavy (non-hydrogen) atoms. The summed E-state index contributed by atoms with van der Waals surface area (Å²) in [6, 6.07) is 4.46. The average Bonchev–Trinajstić information content (AvgIpc) is 3.38. The summed E-state index contributed by atoms with van der Waals surface area (Å²) < 4.78 is 31.9. The van der Waals surface area contributed by atoms with Crippen LogP contribution in [-0.4, -0.2) is 63.4 Å². The van der Waals surface area contributed by atoms with Gasteiger partial charge in [-0.25, -0.2) is 14.2 Å². The molecule has 1 atom stereocenters. The van der Waals surface area contributed by atoms with Crippen molar-refractivity contribution in [3.8, 4) is 0 Å². The Morgan fingerprint density at radius 2 is 2.05 bits per heavy atom. The van der Waals surface area contributed by atoms with Gasteiger partial charge in [0.15, 0.2) is 5.58 Å². The molecule has 220 valence electrons. The van der Waals surface area contributed by atoms with E-state index in [2.05, 4.69) is 10.1 Å². The number of halogens is 1. The van der Waals surface area contributed by atoms with Crippen LogP contribution in [0.15, 0.2) is 39.7 Å². The average molecular weight is 570 g/mol. The van der Waals surface area contributed by atoms with E-state index in [-0.39, 0.29) is 30.6 Å². The molecule has 0 aliphatic carbocycles.